The molecule has 0 saturated heterocycles. The molecule has 1 aromatic rings. The van der Waals surface area contributed by atoms with E-state index >= 15 is 0 Å². The van der Waals surface area contributed by atoms with Crippen molar-refractivity contribution < 1.29 is 0 Å². The van der Waals surface area contributed by atoms with Crippen molar-refractivity contribution in [2.45, 2.75) is 6.42 Å². The number of nitrogens with two attached hydrogens (primary N) is 2. The van der Waals surface area contributed by atoms with Gasteiger partial charge in [0.25, 0.3) is 0 Å². The first-order valence-electron chi connectivity index (χ1n) is 3.28. The molecule has 11 heavy (non-hydrogen) atoms. The van der Waals surface area contributed by atoms with Gasteiger partial charge in [0.15, 0.2) is 0 Å². The minimum absolute atomic E-state index is 0.357. The molecule has 0 aliphatic carbocycles. The normalized spacial score (nSPS) is 9.91. The van der Waals surface area contributed by atoms with E-state index in [0.717, 1.165) is 5.56 Å². The van der Waals surface area contributed by atoms with Crippen molar-refractivity contribution in [1.29, 1.82) is 0 Å². The lowest BCUT2D eigenvalue weighted by molar-refractivity contribution is 0.933. The van der Waals surface area contributed by atoms with Crippen LogP contribution >= 0.6 is 0 Å². The van der Waals surface area contributed by atoms with E-state index in [1.807, 2.05) is 0 Å². The summed E-state index contributed by atoms with van der Waals surface area (Å²) in [6, 6.07) is 0. The Kier molecular flexibility index (Phi) is 2.22. The van der Waals surface area contributed by atoms with Crippen molar-refractivity contribution in [3.63, 3.8) is 0 Å². The highest BCUT2D eigenvalue weighted by atomic mass is 16.1. The van der Waals surface area contributed by atoms with E-state index < -0.39 is 5.69 Å². The quantitative estimate of drug-likeness (QED) is 0.501. The van der Waals surface area contributed by atoms with Gasteiger partial charge in [-0.3, -0.25) is 4.98 Å². The zero-order chi connectivity index (χ0) is 8.27. The average molecular weight is 154 g/mol. The maximum Gasteiger partial charge on any atom is 0.346 e. The number of aromatic amines is 1. The summed E-state index contributed by atoms with van der Waals surface area (Å²) in [5.74, 6) is 0.357. The Morgan fingerprint density at radius 2 is 2.36 bits per heavy atom. The van der Waals surface area contributed by atoms with Crippen LogP contribution in [0.5, 0.6) is 0 Å². The number of nitrogens with one attached hydrogen (secondary N) is 1. The predicted molar refractivity (Wildman–Crippen MR) is 42.0 cm³/mol. The van der Waals surface area contributed by atoms with Crippen LogP contribution in [0.15, 0.2) is 11.0 Å². The summed E-state index contributed by atoms with van der Waals surface area (Å²) < 4.78 is 0. The van der Waals surface area contributed by atoms with Gasteiger partial charge >= 0.3 is 5.69 Å². The third-order valence-electron chi connectivity index (χ3n) is 1.34. The van der Waals surface area contributed by atoms with Crippen molar-refractivity contribution in [2.24, 2.45) is 5.73 Å². The smallest absolute Gasteiger partial charge is 0.346 e. The second-order valence-corrected chi connectivity index (χ2v) is 2.17. The second-order valence-electron chi connectivity index (χ2n) is 2.17. The minimum Gasteiger partial charge on any atom is -0.385 e. The van der Waals surface area contributed by atoms with Gasteiger partial charge in [0.05, 0.1) is 0 Å². The molecule has 5 nitrogen and oxygen atoms in total. The number of aromatic nitrogens is 2. The number of hydrogen-bond donors (Lipinski definition) is 3. The fourth-order valence-corrected chi connectivity index (χ4v) is 0.789. The lowest BCUT2D eigenvalue weighted by Crippen LogP contribution is -2.15. The molecule has 5 N–H and O–H groups in total. The first-order valence-corrected chi connectivity index (χ1v) is 3.28. The number of rotatable bonds is 2. The molecule has 1 rings (SSSR count). The number of H-pyrrole nitrogens is 1. The number of hydrogen-bond acceptors (Lipinski definition) is 4. The van der Waals surface area contributed by atoms with Crippen LogP contribution in [-0.2, 0) is 6.42 Å². The predicted octanol–water partition coefficient (Wildman–Crippen LogP) is -1.15. The molecule has 0 radical (unpaired) electrons. The molecular formula is C6H10N4O. The summed E-state index contributed by atoms with van der Waals surface area (Å²) in [5, 5.41) is 0. The maximum absolute atomic E-state index is 10.6. The summed E-state index contributed by atoms with van der Waals surface area (Å²) >= 11 is 0. The molecule has 1 heterocycles. The van der Waals surface area contributed by atoms with Gasteiger partial charge in [-0.25, -0.2) is 9.78 Å². The molecule has 0 bridgehead atoms. The summed E-state index contributed by atoms with van der Waals surface area (Å²) in [6.07, 6.45) is 2.08. The van der Waals surface area contributed by atoms with Crippen LogP contribution < -0.4 is 17.2 Å². The van der Waals surface area contributed by atoms with Crippen molar-refractivity contribution >= 4 is 5.82 Å². The van der Waals surface area contributed by atoms with Gasteiger partial charge in [-0.1, -0.05) is 0 Å². The molecule has 0 aliphatic rings. The van der Waals surface area contributed by atoms with E-state index in [4.69, 9.17) is 11.5 Å². The van der Waals surface area contributed by atoms with E-state index in [2.05, 4.69) is 9.97 Å². The van der Waals surface area contributed by atoms with Gasteiger partial charge < -0.3 is 11.5 Å². The van der Waals surface area contributed by atoms with E-state index in [-0.39, 0.29) is 0 Å². The topological polar surface area (TPSA) is 97.8 Å². The summed E-state index contributed by atoms with van der Waals surface area (Å²) in [7, 11) is 0. The zero-order valence-corrected chi connectivity index (χ0v) is 6.00. The number of nitrogens with zero attached hydrogens (tertiary/aromatic N) is 1. The molecular weight excluding hydrogens is 144 g/mol. The van der Waals surface area contributed by atoms with E-state index in [1.54, 1.807) is 0 Å². The molecule has 0 aliphatic heterocycles. The maximum atomic E-state index is 10.6. The standard InChI is InChI=1S/C6H10N4O/c7-2-1-4-3-9-6(11)10-5(4)8/h3H,1-2,7H2,(H3,8,9,10,11). The molecule has 0 fully saturated rings. The van der Waals surface area contributed by atoms with E-state index in [1.165, 1.54) is 6.20 Å². The summed E-state index contributed by atoms with van der Waals surface area (Å²) in [4.78, 5) is 16.5. The Morgan fingerprint density at radius 1 is 1.64 bits per heavy atom. The SMILES string of the molecule is NCCc1cnc(=O)[nH]c1N. The first kappa shape index (κ1) is 7.74. The van der Waals surface area contributed by atoms with Gasteiger partial charge in [-0.05, 0) is 13.0 Å². The molecule has 0 saturated carbocycles. The third kappa shape index (κ3) is 1.78. The Hall–Kier alpha value is -1.36. The molecule has 0 spiro atoms. The first-order chi connectivity index (χ1) is 5.24. The van der Waals surface area contributed by atoms with Crippen LogP contribution in [0.2, 0.25) is 0 Å². The van der Waals surface area contributed by atoms with Crippen molar-refractivity contribution in [2.75, 3.05) is 12.3 Å². The van der Waals surface area contributed by atoms with Crippen LogP contribution in [0.4, 0.5) is 5.82 Å². The van der Waals surface area contributed by atoms with Crippen molar-refractivity contribution in [3.8, 4) is 0 Å². The monoisotopic (exact) mass is 154 g/mol. The van der Waals surface area contributed by atoms with Crippen LogP contribution in [0, 0.1) is 0 Å². The van der Waals surface area contributed by atoms with Crippen molar-refractivity contribution in [1.82, 2.24) is 9.97 Å². The fraction of sp³-hybridized carbons (Fsp3) is 0.333. The Morgan fingerprint density at radius 3 is 2.91 bits per heavy atom. The Labute approximate surface area is 63.4 Å². The van der Waals surface area contributed by atoms with Crippen LogP contribution in [-0.4, -0.2) is 16.5 Å². The Balaban J connectivity index is 2.99. The van der Waals surface area contributed by atoms with E-state index in [9.17, 15) is 4.79 Å². The lowest BCUT2D eigenvalue weighted by atomic mass is 10.2. The molecule has 0 aromatic carbocycles. The van der Waals surface area contributed by atoms with Gasteiger partial charge in [-0.15, -0.1) is 0 Å². The summed E-state index contributed by atoms with van der Waals surface area (Å²) in [5.41, 5.74) is 11.1. The van der Waals surface area contributed by atoms with E-state index in [0.29, 0.717) is 18.8 Å². The average Bonchev–Trinajstić information content (AvgIpc) is 1.95. The van der Waals surface area contributed by atoms with Gasteiger partial charge in [0, 0.05) is 11.8 Å². The van der Waals surface area contributed by atoms with Gasteiger partial charge in [-0.2, -0.15) is 0 Å². The Bertz CT molecular complexity index is 293. The van der Waals surface area contributed by atoms with Gasteiger partial charge in [0.1, 0.15) is 5.82 Å². The highest BCUT2D eigenvalue weighted by Crippen LogP contribution is 2.02. The summed E-state index contributed by atoms with van der Waals surface area (Å²) in [6.45, 7) is 0.498. The van der Waals surface area contributed by atoms with Crippen LogP contribution in [0.3, 0.4) is 0 Å². The number of anilines is 1. The fourth-order valence-electron chi connectivity index (χ4n) is 0.789. The van der Waals surface area contributed by atoms with Crippen LogP contribution in [0.25, 0.3) is 0 Å². The highest BCUT2D eigenvalue weighted by molar-refractivity contribution is 5.36. The highest BCUT2D eigenvalue weighted by Gasteiger charge is 1.97. The molecule has 1 aromatic heterocycles. The number of nitrogen functional groups attached to an aromatic ring is 1. The molecule has 5 heteroatoms. The second kappa shape index (κ2) is 3.16. The largest absolute Gasteiger partial charge is 0.385 e. The molecule has 0 amide bonds. The van der Waals surface area contributed by atoms with Crippen molar-refractivity contribution in [3.05, 3.63) is 22.2 Å². The minimum atomic E-state index is -0.428. The molecule has 0 unspecified atom stereocenters. The third-order valence-corrected chi connectivity index (χ3v) is 1.34. The zero-order valence-electron chi connectivity index (χ0n) is 6.00. The van der Waals surface area contributed by atoms with Crippen LogP contribution in [0.1, 0.15) is 5.56 Å². The molecule has 60 valence electrons. The lowest BCUT2D eigenvalue weighted by Gasteiger charge is -2.00. The van der Waals surface area contributed by atoms with Gasteiger partial charge in [0.2, 0.25) is 0 Å². The molecule has 0 atom stereocenters.